The predicted octanol–water partition coefficient (Wildman–Crippen LogP) is 1.83. The van der Waals surface area contributed by atoms with Gasteiger partial charge in [0.25, 0.3) is 0 Å². The molecule has 98 valence electrons. The molecule has 0 aromatic carbocycles. The van der Waals surface area contributed by atoms with E-state index in [1.165, 1.54) is 13.1 Å². The van der Waals surface area contributed by atoms with Crippen molar-refractivity contribution >= 4 is 5.91 Å². The van der Waals surface area contributed by atoms with Gasteiger partial charge in [0.15, 0.2) is 0 Å². The van der Waals surface area contributed by atoms with Gasteiger partial charge in [0, 0.05) is 31.6 Å². The maximum absolute atomic E-state index is 12.4. The van der Waals surface area contributed by atoms with E-state index in [1.54, 1.807) is 0 Å². The fraction of sp³-hybridized carbons (Fsp3) is 0.929. The Morgan fingerprint density at radius 2 is 1.65 bits per heavy atom. The number of nitrogens with zero attached hydrogens (tertiary/aromatic N) is 2. The number of fused-ring (bicyclic) bond motifs is 1. The second-order valence-electron chi connectivity index (χ2n) is 6.32. The molecule has 0 saturated carbocycles. The zero-order valence-electron chi connectivity index (χ0n) is 11.7. The summed E-state index contributed by atoms with van der Waals surface area (Å²) in [7, 11) is 0. The summed E-state index contributed by atoms with van der Waals surface area (Å²) < 4.78 is 0. The molecular weight excluding hydrogens is 212 g/mol. The van der Waals surface area contributed by atoms with Crippen LogP contribution in [0.15, 0.2) is 0 Å². The molecule has 2 rings (SSSR count). The third-order valence-electron chi connectivity index (χ3n) is 4.76. The third kappa shape index (κ3) is 2.35. The SMILES string of the molecule is CCN1CC2CN(C(=O)C(C)(C)CC)CC2C1. The van der Waals surface area contributed by atoms with Gasteiger partial charge < -0.3 is 9.80 Å². The molecule has 0 radical (unpaired) electrons. The van der Waals surface area contributed by atoms with E-state index >= 15 is 0 Å². The van der Waals surface area contributed by atoms with Gasteiger partial charge >= 0.3 is 0 Å². The summed E-state index contributed by atoms with van der Waals surface area (Å²) in [5.74, 6) is 1.82. The second kappa shape index (κ2) is 4.60. The Hall–Kier alpha value is -0.570. The van der Waals surface area contributed by atoms with Crippen LogP contribution in [0.5, 0.6) is 0 Å². The summed E-state index contributed by atoms with van der Waals surface area (Å²) in [6.07, 6.45) is 0.929. The minimum atomic E-state index is -0.177. The average molecular weight is 238 g/mol. The molecular formula is C14H26N2O. The highest BCUT2D eigenvalue weighted by molar-refractivity contribution is 5.82. The third-order valence-corrected chi connectivity index (χ3v) is 4.76. The van der Waals surface area contributed by atoms with Crippen molar-refractivity contribution in [2.24, 2.45) is 17.3 Å². The Morgan fingerprint density at radius 1 is 1.12 bits per heavy atom. The van der Waals surface area contributed by atoms with Gasteiger partial charge in [-0.25, -0.2) is 0 Å². The molecule has 3 nitrogen and oxygen atoms in total. The number of rotatable bonds is 3. The predicted molar refractivity (Wildman–Crippen MR) is 69.7 cm³/mol. The molecule has 2 heterocycles. The monoisotopic (exact) mass is 238 g/mol. The van der Waals surface area contributed by atoms with Crippen molar-refractivity contribution < 1.29 is 4.79 Å². The van der Waals surface area contributed by atoms with Crippen LogP contribution in [0.25, 0.3) is 0 Å². The van der Waals surface area contributed by atoms with Crippen LogP contribution in [0.2, 0.25) is 0 Å². The maximum atomic E-state index is 12.4. The van der Waals surface area contributed by atoms with E-state index < -0.39 is 0 Å². The molecule has 2 aliphatic heterocycles. The van der Waals surface area contributed by atoms with Crippen LogP contribution in [0, 0.1) is 17.3 Å². The first-order valence-electron chi connectivity index (χ1n) is 6.99. The summed E-state index contributed by atoms with van der Waals surface area (Å²) in [4.78, 5) is 17.0. The van der Waals surface area contributed by atoms with Crippen LogP contribution in [0.1, 0.15) is 34.1 Å². The first kappa shape index (κ1) is 12.9. The molecule has 0 N–H and O–H groups in total. The quantitative estimate of drug-likeness (QED) is 0.749. The van der Waals surface area contributed by atoms with Gasteiger partial charge in [-0.1, -0.05) is 27.7 Å². The molecule has 3 heteroatoms. The summed E-state index contributed by atoms with van der Waals surface area (Å²) in [6.45, 7) is 14.0. The normalized spacial score (nSPS) is 29.8. The number of hydrogen-bond acceptors (Lipinski definition) is 2. The van der Waals surface area contributed by atoms with Gasteiger partial charge in [0.2, 0.25) is 5.91 Å². The number of likely N-dealkylation sites (tertiary alicyclic amines) is 2. The number of amides is 1. The fourth-order valence-electron chi connectivity index (χ4n) is 3.09. The minimum Gasteiger partial charge on any atom is -0.342 e. The van der Waals surface area contributed by atoms with E-state index in [1.807, 2.05) is 0 Å². The lowest BCUT2D eigenvalue weighted by Gasteiger charge is -2.29. The maximum Gasteiger partial charge on any atom is 0.228 e. The molecule has 2 saturated heterocycles. The lowest BCUT2D eigenvalue weighted by atomic mass is 9.88. The Bertz CT molecular complexity index is 287. The second-order valence-corrected chi connectivity index (χ2v) is 6.32. The molecule has 1 amide bonds. The van der Waals surface area contributed by atoms with Gasteiger partial charge in [0.05, 0.1) is 0 Å². The fourth-order valence-corrected chi connectivity index (χ4v) is 3.09. The zero-order valence-corrected chi connectivity index (χ0v) is 11.7. The molecule has 0 aliphatic carbocycles. The first-order valence-corrected chi connectivity index (χ1v) is 6.99. The van der Waals surface area contributed by atoms with Crippen LogP contribution in [0.3, 0.4) is 0 Å². The first-order chi connectivity index (χ1) is 7.97. The summed E-state index contributed by atoms with van der Waals surface area (Å²) in [6, 6.07) is 0. The van der Waals surface area contributed by atoms with Crippen LogP contribution < -0.4 is 0 Å². The van der Waals surface area contributed by atoms with Crippen LogP contribution >= 0.6 is 0 Å². The van der Waals surface area contributed by atoms with Crippen molar-refractivity contribution in [2.45, 2.75) is 34.1 Å². The van der Waals surface area contributed by atoms with Gasteiger partial charge in [-0.15, -0.1) is 0 Å². The molecule has 0 spiro atoms. The van der Waals surface area contributed by atoms with Crippen LogP contribution in [-0.2, 0) is 4.79 Å². The number of carbonyl (C=O) groups excluding carboxylic acids is 1. The Balaban J connectivity index is 1.95. The molecule has 0 aromatic heterocycles. The van der Waals surface area contributed by atoms with E-state index in [9.17, 15) is 4.79 Å². The standard InChI is InChI=1S/C14H26N2O/c1-5-14(3,4)13(17)16-9-11-7-15(6-2)8-12(11)10-16/h11-12H,5-10H2,1-4H3. The highest BCUT2D eigenvalue weighted by Gasteiger charge is 2.43. The van der Waals surface area contributed by atoms with Crippen molar-refractivity contribution in [2.75, 3.05) is 32.7 Å². The highest BCUT2D eigenvalue weighted by atomic mass is 16.2. The van der Waals surface area contributed by atoms with E-state index in [0.717, 1.165) is 37.9 Å². The molecule has 2 aliphatic rings. The van der Waals surface area contributed by atoms with Gasteiger partial charge in [-0.05, 0) is 24.8 Å². The lowest BCUT2D eigenvalue weighted by Crippen LogP contribution is -2.41. The summed E-state index contributed by atoms with van der Waals surface area (Å²) in [5, 5.41) is 0. The average Bonchev–Trinajstić information content (AvgIpc) is 2.84. The highest BCUT2D eigenvalue weighted by Crippen LogP contribution is 2.34. The molecule has 0 bridgehead atoms. The summed E-state index contributed by atoms with van der Waals surface area (Å²) in [5.41, 5.74) is -0.177. The van der Waals surface area contributed by atoms with Crippen LogP contribution in [0.4, 0.5) is 0 Å². The molecule has 2 fully saturated rings. The van der Waals surface area contributed by atoms with E-state index in [0.29, 0.717) is 5.91 Å². The Labute approximate surface area is 105 Å². The van der Waals surface area contributed by atoms with E-state index in [2.05, 4.69) is 37.5 Å². The van der Waals surface area contributed by atoms with Crippen LogP contribution in [-0.4, -0.2) is 48.4 Å². The Morgan fingerprint density at radius 3 is 2.06 bits per heavy atom. The minimum absolute atomic E-state index is 0.177. The number of hydrogen-bond donors (Lipinski definition) is 0. The van der Waals surface area contributed by atoms with Crippen molar-refractivity contribution in [3.05, 3.63) is 0 Å². The molecule has 0 aromatic rings. The molecule has 2 unspecified atom stereocenters. The number of carbonyl (C=O) groups is 1. The van der Waals surface area contributed by atoms with E-state index in [-0.39, 0.29) is 5.41 Å². The van der Waals surface area contributed by atoms with E-state index in [4.69, 9.17) is 0 Å². The van der Waals surface area contributed by atoms with Crippen molar-refractivity contribution in [3.63, 3.8) is 0 Å². The van der Waals surface area contributed by atoms with Crippen molar-refractivity contribution in [1.82, 2.24) is 9.80 Å². The van der Waals surface area contributed by atoms with Crippen molar-refractivity contribution in [1.29, 1.82) is 0 Å². The van der Waals surface area contributed by atoms with Gasteiger partial charge in [0.1, 0.15) is 0 Å². The van der Waals surface area contributed by atoms with Crippen molar-refractivity contribution in [3.8, 4) is 0 Å². The lowest BCUT2D eigenvalue weighted by molar-refractivity contribution is -0.139. The largest absolute Gasteiger partial charge is 0.342 e. The van der Waals surface area contributed by atoms with Gasteiger partial charge in [-0.3, -0.25) is 4.79 Å². The molecule has 17 heavy (non-hydrogen) atoms. The summed E-state index contributed by atoms with van der Waals surface area (Å²) >= 11 is 0. The smallest absolute Gasteiger partial charge is 0.228 e. The Kier molecular flexibility index (Phi) is 3.48. The zero-order chi connectivity index (χ0) is 12.6. The topological polar surface area (TPSA) is 23.6 Å². The molecule has 2 atom stereocenters. The van der Waals surface area contributed by atoms with Gasteiger partial charge in [-0.2, -0.15) is 0 Å².